The van der Waals surface area contributed by atoms with Gasteiger partial charge >= 0.3 is 0 Å². The maximum atomic E-state index is 12.0. The summed E-state index contributed by atoms with van der Waals surface area (Å²) in [6.45, 7) is 3.43. The van der Waals surface area contributed by atoms with Crippen LogP contribution in [0.1, 0.15) is 24.2 Å². The molecule has 0 saturated heterocycles. The number of amides is 1. The zero-order valence-corrected chi connectivity index (χ0v) is 13.1. The van der Waals surface area contributed by atoms with Gasteiger partial charge in [-0.1, -0.05) is 42.1 Å². The number of nitrogens with one attached hydrogen (secondary N) is 1. The largest absolute Gasteiger partial charge is 0.349 e. The molecule has 0 aliphatic carbocycles. The molecule has 22 heavy (non-hydrogen) atoms. The molecule has 0 fully saturated rings. The summed E-state index contributed by atoms with van der Waals surface area (Å²) in [6.07, 6.45) is 0. The standard InChI is InChI=1S/C14H17N5O2S/c1-9(11-6-4-3-5-7-11)16-12(20)8-22-14-18-17-10(2)13(21)19(14)15/h3-7,9H,8,15H2,1-2H3,(H,16,20)/t9-/m0/s1. The minimum Gasteiger partial charge on any atom is -0.349 e. The van der Waals surface area contributed by atoms with Gasteiger partial charge < -0.3 is 11.2 Å². The van der Waals surface area contributed by atoms with Gasteiger partial charge in [0.25, 0.3) is 5.56 Å². The molecule has 0 aliphatic rings. The van der Waals surface area contributed by atoms with Crippen molar-refractivity contribution in [2.75, 3.05) is 11.6 Å². The van der Waals surface area contributed by atoms with Crippen molar-refractivity contribution < 1.29 is 4.79 Å². The molecule has 116 valence electrons. The molecule has 1 heterocycles. The summed E-state index contributed by atoms with van der Waals surface area (Å²) >= 11 is 1.07. The van der Waals surface area contributed by atoms with Gasteiger partial charge in [-0.2, -0.15) is 4.68 Å². The van der Waals surface area contributed by atoms with Crippen LogP contribution in [0, 0.1) is 6.92 Å². The molecule has 8 heteroatoms. The zero-order chi connectivity index (χ0) is 16.1. The minimum absolute atomic E-state index is 0.0986. The van der Waals surface area contributed by atoms with Gasteiger partial charge in [0.2, 0.25) is 11.1 Å². The van der Waals surface area contributed by atoms with E-state index >= 15 is 0 Å². The number of nitrogen functional groups attached to an aromatic ring is 1. The fourth-order valence-corrected chi connectivity index (χ4v) is 2.47. The Labute approximate surface area is 131 Å². The summed E-state index contributed by atoms with van der Waals surface area (Å²) < 4.78 is 0.904. The molecular weight excluding hydrogens is 302 g/mol. The first-order valence-electron chi connectivity index (χ1n) is 6.67. The molecule has 0 aliphatic heterocycles. The summed E-state index contributed by atoms with van der Waals surface area (Å²) in [5.74, 6) is 5.54. The van der Waals surface area contributed by atoms with E-state index in [1.165, 1.54) is 6.92 Å². The number of carbonyl (C=O) groups is 1. The zero-order valence-electron chi connectivity index (χ0n) is 12.3. The lowest BCUT2D eigenvalue weighted by atomic mass is 10.1. The van der Waals surface area contributed by atoms with E-state index in [4.69, 9.17) is 5.84 Å². The maximum absolute atomic E-state index is 12.0. The van der Waals surface area contributed by atoms with Crippen molar-refractivity contribution in [2.24, 2.45) is 0 Å². The van der Waals surface area contributed by atoms with Gasteiger partial charge in [-0.15, -0.1) is 10.2 Å². The van der Waals surface area contributed by atoms with E-state index < -0.39 is 5.56 Å². The summed E-state index contributed by atoms with van der Waals surface area (Å²) in [7, 11) is 0. The highest BCUT2D eigenvalue weighted by molar-refractivity contribution is 7.99. The van der Waals surface area contributed by atoms with E-state index in [0.717, 1.165) is 22.0 Å². The van der Waals surface area contributed by atoms with Crippen LogP contribution in [0.15, 0.2) is 40.3 Å². The number of hydrogen-bond donors (Lipinski definition) is 2. The summed E-state index contributed by atoms with van der Waals surface area (Å²) in [5, 5.41) is 10.6. The van der Waals surface area contributed by atoms with Crippen LogP contribution < -0.4 is 16.7 Å². The number of thioether (sulfide) groups is 1. The van der Waals surface area contributed by atoms with Gasteiger partial charge in [0.15, 0.2) is 0 Å². The van der Waals surface area contributed by atoms with Gasteiger partial charge in [0.1, 0.15) is 5.69 Å². The molecule has 7 nitrogen and oxygen atoms in total. The number of nitrogens with zero attached hydrogens (tertiary/aromatic N) is 3. The SMILES string of the molecule is Cc1nnc(SCC(=O)N[C@@H](C)c2ccccc2)n(N)c1=O. The van der Waals surface area contributed by atoms with E-state index in [1.807, 2.05) is 37.3 Å². The lowest BCUT2D eigenvalue weighted by Crippen LogP contribution is -2.33. The van der Waals surface area contributed by atoms with Gasteiger partial charge in [-0.05, 0) is 19.4 Å². The van der Waals surface area contributed by atoms with Crippen LogP contribution in [0.4, 0.5) is 0 Å². The predicted molar refractivity (Wildman–Crippen MR) is 84.9 cm³/mol. The summed E-state index contributed by atoms with van der Waals surface area (Å²) in [5.41, 5.74) is 0.816. The lowest BCUT2D eigenvalue weighted by Gasteiger charge is -2.14. The highest BCUT2D eigenvalue weighted by Crippen LogP contribution is 2.14. The van der Waals surface area contributed by atoms with Gasteiger partial charge in [0.05, 0.1) is 11.8 Å². The number of benzene rings is 1. The molecule has 0 radical (unpaired) electrons. The Morgan fingerprint density at radius 1 is 1.36 bits per heavy atom. The first-order valence-corrected chi connectivity index (χ1v) is 7.66. The maximum Gasteiger partial charge on any atom is 0.294 e. The van der Waals surface area contributed by atoms with E-state index in [1.54, 1.807) is 0 Å². The van der Waals surface area contributed by atoms with Crippen LogP contribution in [-0.2, 0) is 4.79 Å². The quantitative estimate of drug-likeness (QED) is 0.619. The van der Waals surface area contributed by atoms with E-state index in [9.17, 15) is 9.59 Å². The highest BCUT2D eigenvalue weighted by atomic mass is 32.2. The van der Waals surface area contributed by atoms with Crippen molar-refractivity contribution in [2.45, 2.75) is 25.0 Å². The van der Waals surface area contributed by atoms with Gasteiger partial charge in [-0.25, -0.2) is 0 Å². The number of aryl methyl sites for hydroxylation is 1. The molecule has 0 bridgehead atoms. The molecule has 1 atom stereocenters. The van der Waals surface area contributed by atoms with Crippen LogP contribution in [-0.4, -0.2) is 26.5 Å². The lowest BCUT2D eigenvalue weighted by molar-refractivity contribution is -0.119. The third-order valence-electron chi connectivity index (χ3n) is 3.03. The molecule has 2 rings (SSSR count). The first-order chi connectivity index (χ1) is 10.5. The van der Waals surface area contributed by atoms with Crippen molar-refractivity contribution in [3.05, 3.63) is 51.9 Å². The Balaban J connectivity index is 1.94. The number of rotatable bonds is 5. The Kier molecular flexibility index (Phi) is 5.16. The smallest absolute Gasteiger partial charge is 0.294 e. The molecule has 0 saturated carbocycles. The minimum atomic E-state index is -0.421. The van der Waals surface area contributed by atoms with E-state index in [2.05, 4.69) is 15.5 Å². The molecule has 0 unspecified atom stereocenters. The monoisotopic (exact) mass is 319 g/mol. The number of nitrogens with two attached hydrogens (primary N) is 1. The third-order valence-corrected chi connectivity index (χ3v) is 3.97. The fourth-order valence-electron chi connectivity index (χ4n) is 1.81. The topological polar surface area (TPSA) is 103 Å². The average molecular weight is 319 g/mol. The van der Waals surface area contributed by atoms with E-state index in [0.29, 0.717) is 0 Å². The van der Waals surface area contributed by atoms with Crippen molar-refractivity contribution in [3.63, 3.8) is 0 Å². The van der Waals surface area contributed by atoms with Crippen LogP contribution in [0.2, 0.25) is 0 Å². The second-order valence-corrected chi connectivity index (χ2v) is 5.67. The highest BCUT2D eigenvalue weighted by Gasteiger charge is 2.12. The first kappa shape index (κ1) is 16.0. The number of aromatic nitrogens is 3. The van der Waals surface area contributed by atoms with Crippen LogP contribution in [0.3, 0.4) is 0 Å². The molecule has 2 aromatic rings. The second kappa shape index (κ2) is 7.08. The summed E-state index contributed by atoms with van der Waals surface area (Å²) in [6, 6.07) is 9.55. The Morgan fingerprint density at radius 2 is 2.05 bits per heavy atom. The van der Waals surface area contributed by atoms with Crippen molar-refractivity contribution >= 4 is 17.7 Å². The fraction of sp³-hybridized carbons (Fsp3) is 0.286. The Bertz CT molecular complexity index is 717. The van der Waals surface area contributed by atoms with E-state index in [-0.39, 0.29) is 28.6 Å². The van der Waals surface area contributed by atoms with Crippen LogP contribution >= 0.6 is 11.8 Å². The third kappa shape index (κ3) is 3.85. The second-order valence-electron chi connectivity index (χ2n) is 4.73. The Hall–Kier alpha value is -2.35. The van der Waals surface area contributed by atoms with Crippen LogP contribution in [0.25, 0.3) is 0 Å². The normalized spacial score (nSPS) is 11.9. The van der Waals surface area contributed by atoms with Crippen molar-refractivity contribution in [1.29, 1.82) is 0 Å². The predicted octanol–water partition coefficient (Wildman–Crippen LogP) is 0.630. The molecule has 0 spiro atoms. The number of carbonyl (C=O) groups excluding carboxylic acids is 1. The molecular formula is C14H17N5O2S. The average Bonchev–Trinajstić information content (AvgIpc) is 2.53. The summed E-state index contributed by atoms with van der Waals surface area (Å²) in [4.78, 5) is 23.6. The molecule has 1 aromatic heterocycles. The molecule has 3 N–H and O–H groups in total. The Morgan fingerprint density at radius 3 is 2.73 bits per heavy atom. The van der Waals surface area contributed by atoms with Crippen molar-refractivity contribution in [3.8, 4) is 0 Å². The van der Waals surface area contributed by atoms with Crippen LogP contribution in [0.5, 0.6) is 0 Å². The molecule has 1 amide bonds. The van der Waals surface area contributed by atoms with Crippen molar-refractivity contribution in [1.82, 2.24) is 20.2 Å². The van der Waals surface area contributed by atoms with Gasteiger partial charge in [0, 0.05) is 0 Å². The van der Waals surface area contributed by atoms with Gasteiger partial charge in [-0.3, -0.25) is 9.59 Å². The molecule has 1 aromatic carbocycles. The number of hydrogen-bond acceptors (Lipinski definition) is 6.